The van der Waals surface area contributed by atoms with Crippen molar-refractivity contribution in [3.05, 3.63) is 23.8 Å². The van der Waals surface area contributed by atoms with Crippen molar-refractivity contribution < 1.29 is 42.8 Å². The van der Waals surface area contributed by atoms with Gasteiger partial charge in [0, 0.05) is 35.9 Å². The number of aliphatic hydroxyl groups is 2. The molecule has 5 fully saturated rings. The zero-order valence-corrected chi connectivity index (χ0v) is 20.6. The fourth-order valence-corrected chi connectivity index (χ4v) is 8.79. The van der Waals surface area contributed by atoms with Crippen LogP contribution in [0.2, 0.25) is 0 Å². The number of carbonyl (C=O) groups excluding carboxylic acids is 2. The van der Waals surface area contributed by atoms with E-state index in [4.69, 9.17) is 14.2 Å². The number of hydrogen-bond donors (Lipinski definition) is 2. The number of alkyl halides is 2. The quantitative estimate of drug-likeness (QED) is 0.604. The van der Waals surface area contributed by atoms with Crippen molar-refractivity contribution in [3.63, 3.8) is 0 Å². The van der Waals surface area contributed by atoms with Gasteiger partial charge in [-0.2, -0.15) is 0 Å². The summed E-state index contributed by atoms with van der Waals surface area (Å²) >= 11 is 0. The number of rotatable bonds is 3. The van der Waals surface area contributed by atoms with E-state index in [0.29, 0.717) is 26.1 Å². The van der Waals surface area contributed by atoms with Crippen LogP contribution >= 0.6 is 0 Å². The van der Waals surface area contributed by atoms with Crippen molar-refractivity contribution in [2.45, 2.75) is 81.9 Å². The van der Waals surface area contributed by atoms with Crippen LogP contribution in [0.15, 0.2) is 23.8 Å². The van der Waals surface area contributed by atoms with Crippen LogP contribution in [0.25, 0.3) is 0 Å². The van der Waals surface area contributed by atoms with Crippen LogP contribution in [0, 0.1) is 28.6 Å². The molecule has 0 amide bonds. The molecule has 36 heavy (non-hydrogen) atoms. The first-order valence-corrected chi connectivity index (χ1v) is 13.0. The minimum atomic E-state index is -2.25. The maximum absolute atomic E-state index is 17.3. The number of carbonyl (C=O) groups is 2. The second-order valence-corrected chi connectivity index (χ2v) is 12.0. The van der Waals surface area contributed by atoms with E-state index in [-0.39, 0.29) is 30.8 Å². The second kappa shape index (κ2) is 7.99. The van der Waals surface area contributed by atoms with Gasteiger partial charge >= 0.3 is 0 Å². The molecular formula is C27H34F2O7. The Hall–Kier alpha value is -1.52. The molecule has 2 N–H and O–H groups in total. The summed E-state index contributed by atoms with van der Waals surface area (Å²) in [5, 5.41) is 21.5. The van der Waals surface area contributed by atoms with Crippen molar-refractivity contribution in [3.8, 4) is 0 Å². The van der Waals surface area contributed by atoms with Crippen LogP contribution in [0.5, 0.6) is 0 Å². The lowest BCUT2D eigenvalue weighted by Crippen LogP contribution is -2.71. The Balaban J connectivity index is 1.42. The highest BCUT2D eigenvalue weighted by atomic mass is 19.1. The van der Waals surface area contributed by atoms with E-state index in [9.17, 15) is 19.8 Å². The van der Waals surface area contributed by atoms with Gasteiger partial charge in [-0.15, -0.1) is 0 Å². The summed E-state index contributed by atoms with van der Waals surface area (Å²) in [6.07, 6.45) is 0.645. The van der Waals surface area contributed by atoms with E-state index < -0.39 is 76.8 Å². The second-order valence-electron chi connectivity index (χ2n) is 12.0. The third-order valence-electron chi connectivity index (χ3n) is 10.6. The fraction of sp³-hybridized carbons (Fsp3) is 0.778. The summed E-state index contributed by atoms with van der Waals surface area (Å²) in [6.45, 7) is 3.70. The molecule has 198 valence electrons. The van der Waals surface area contributed by atoms with E-state index in [2.05, 4.69) is 0 Å². The molecule has 0 aromatic rings. The Morgan fingerprint density at radius 2 is 1.92 bits per heavy atom. The van der Waals surface area contributed by atoms with E-state index in [1.807, 2.05) is 0 Å². The molecule has 9 heteroatoms. The lowest BCUT2D eigenvalue weighted by Gasteiger charge is -2.63. The molecule has 0 bridgehead atoms. The molecule has 2 saturated heterocycles. The van der Waals surface area contributed by atoms with Crippen molar-refractivity contribution >= 4 is 11.6 Å². The predicted octanol–water partition coefficient (Wildman–Crippen LogP) is 2.38. The number of Topliss-reactive ketones (excluding diaryl/α,β-unsaturated/α-hetero) is 1. The SMILES string of the molecule is C[C@]12C=CC(=O)C=C1[C@@H](F)C[C@H]1[C@@H]3C[C@H]4O[C@@H](C5CCOCC5)O[C@@]4(C(=O)CO)[C@@]3(C)C[C@H](O)[C@@]12F. The highest BCUT2D eigenvalue weighted by Gasteiger charge is 2.80. The number of fused-ring (bicyclic) bond motifs is 7. The highest BCUT2D eigenvalue weighted by molar-refractivity contribution is 6.01. The average molecular weight is 509 g/mol. The van der Waals surface area contributed by atoms with Crippen LogP contribution in [-0.2, 0) is 23.8 Å². The van der Waals surface area contributed by atoms with Gasteiger partial charge in [0.25, 0.3) is 0 Å². The molecule has 0 radical (unpaired) electrons. The van der Waals surface area contributed by atoms with Crippen molar-refractivity contribution in [1.82, 2.24) is 0 Å². The monoisotopic (exact) mass is 508 g/mol. The molecule has 2 aliphatic heterocycles. The Labute approximate surface area is 208 Å². The van der Waals surface area contributed by atoms with Crippen LogP contribution < -0.4 is 0 Å². The van der Waals surface area contributed by atoms with Gasteiger partial charge in [0.05, 0.1) is 12.2 Å². The Morgan fingerprint density at radius 1 is 1.19 bits per heavy atom. The molecule has 0 spiro atoms. The summed E-state index contributed by atoms with van der Waals surface area (Å²) in [7, 11) is 0. The van der Waals surface area contributed by atoms with Crippen LogP contribution in [0.3, 0.4) is 0 Å². The average Bonchev–Trinajstić information content (AvgIpc) is 3.36. The topological polar surface area (TPSA) is 102 Å². The van der Waals surface area contributed by atoms with E-state index in [0.717, 1.165) is 6.08 Å². The fourth-order valence-electron chi connectivity index (χ4n) is 8.79. The summed E-state index contributed by atoms with van der Waals surface area (Å²) < 4.78 is 51.2. The summed E-state index contributed by atoms with van der Waals surface area (Å²) in [6, 6.07) is 0. The molecule has 0 aromatic carbocycles. The zero-order chi connectivity index (χ0) is 25.7. The van der Waals surface area contributed by atoms with Crippen LogP contribution in [0.4, 0.5) is 8.78 Å². The maximum Gasteiger partial charge on any atom is 0.193 e. The molecule has 10 atom stereocenters. The molecular weight excluding hydrogens is 474 g/mol. The Morgan fingerprint density at radius 3 is 2.61 bits per heavy atom. The van der Waals surface area contributed by atoms with Gasteiger partial charge in [0.15, 0.2) is 29.1 Å². The molecule has 4 aliphatic carbocycles. The first-order chi connectivity index (χ1) is 17.0. The summed E-state index contributed by atoms with van der Waals surface area (Å²) in [5.41, 5.74) is -6.32. The normalized spacial score (nSPS) is 52.3. The standard InChI is InChI=1S/C27H34F2O7/c1-24-6-3-15(31)9-18(24)19(28)10-17-16-11-22-27(21(33)13-30,25(16,2)12-20(32)26(17,24)29)36-23(35-22)14-4-7-34-8-5-14/h3,6,9,14,16-17,19-20,22-23,30,32H,4-5,7-8,10-13H2,1-2H3/t16-,17-,19-,20-,22+,23+,24-,25-,26-,27+/m0/s1. The minimum Gasteiger partial charge on any atom is -0.390 e. The van der Waals surface area contributed by atoms with Gasteiger partial charge in [-0.3, -0.25) is 9.59 Å². The molecule has 0 aromatic heterocycles. The summed E-state index contributed by atoms with van der Waals surface area (Å²) in [5.74, 6) is -2.40. The van der Waals surface area contributed by atoms with Crippen molar-refractivity contribution in [1.29, 1.82) is 0 Å². The molecule has 2 heterocycles. The lowest BCUT2D eigenvalue weighted by atomic mass is 9.44. The highest BCUT2D eigenvalue weighted by Crippen LogP contribution is 2.72. The molecule has 3 saturated carbocycles. The van der Waals surface area contributed by atoms with E-state index >= 15 is 8.78 Å². The summed E-state index contributed by atoms with van der Waals surface area (Å²) in [4.78, 5) is 25.5. The van der Waals surface area contributed by atoms with Crippen LogP contribution in [-0.4, -0.2) is 77.5 Å². The van der Waals surface area contributed by atoms with Gasteiger partial charge in [-0.05, 0) is 62.7 Å². The Kier molecular flexibility index (Phi) is 5.50. The van der Waals surface area contributed by atoms with Crippen molar-refractivity contribution in [2.24, 2.45) is 28.6 Å². The maximum atomic E-state index is 17.3. The number of ketones is 2. The van der Waals surface area contributed by atoms with Gasteiger partial charge in [0.2, 0.25) is 0 Å². The van der Waals surface area contributed by atoms with Crippen molar-refractivity contribution in [2.75, 3.05) is 19.8 Å². The number of allylic oxidation sites excluding steroid dienone is 4. The first kappa shape index (κ1) is 24.8. The largest absolute Gasteiger partial charge is 0.390 e. The molecule has 7 nitrogen and oxygen atoms in total. The van der Waals surface area contributed by atoms with E-state index in [1.165, 1.54) is 12.2 Å². The Bertz CT molecular complexity index is 1040. The molecule has 0 unspecified atom stereocenters. The number of ether oxygens (including phenoxy) is 3. The van der Waals surface area contributed by atoms with Gasteiger partial charge in [-0.25, -0.2) is 8.78 Å². The number of aliphatic hydroxyl groups excluding tert-OH is 2. The zero-order valence-electron chi connectivity index (χ0n) is 20.6. The van der Waals surface area contributed by atoms with Gasteiger partial charge in [-0.1, -0.05) is 13.0 Å². The lowest BCUT2D eigenvalue weighted by molar-refractivity contribution is -0.240. The third-order valence-corrected chi connectivity index (χ3v) is 10.6. The molecule has 6 rings (SSSR count). The number of hydrogen-bond acceptors (Lipinski definition) is 7. The van der Waals surface area contributed by atoms with Gasteiger partial charge in [0.1, 0.15) is 12.8 Å². The molecule has 6 aliphatic rings. The number of halogens is 2. The third kappa shape index (κ3) is 2.84. The smallest absolute Gasteiger partial charge is 0.193 e. The minimum absolute atomic E-state index is 0.0185. The van der Waals surface area contributed by atoms with E-state index in [1.54, 1.807) is 13.8 Å². The van der Waals surface area contributed by atoms with Crippen LogP contribution in [0.1, 0.15) is 46.0 Å². The first-order valence-electron chi connectivity index (χ1n) is 13.0. The van der Waals surface area contributed by atoms with Gasteiger partial charge < -0.3 is 24.4 Å². The predicted molar refractivity (Wildman–Crippen MR) is 122 cm³/mol.